The fourth-order valence-corrected chi connectivity index (χ4v) is 3.80. The van der Waals surface area contributed by atoms with Crippen LogP contribution in [0.15, 0.2) is 42.5 Å². The van der Waals surface area contributed by atoms with Gasteiger partial charge in [-0.05, 0) is 55.7 Å². The number of hydrogen-bond acceptors (Lipinski definition) is 5. The molecule has 1 saturated heterocycles. The van der Waals surface area contributed by atoms with Gasteiger partial charge in [0.2, 0.25) is 5.91 Å². The number of benzene rings is 2. The number of carbonyl (C=O) groups excluding carboxylic acids is 3. The summed E-state index contributed by atoms with van der Waals surface area (Å²) in [5, 5.41) is 2.83. The normalized spacial score (nSPS) is 15.7. The monoisotopic (exact) mass is 423 g/mol. The number of ether oxygens (including phenoxy) is 2. The van der Waals surface area contributed by atoms with E-state index in [-0.39, 0.29) is 30.9 Å². The number of nitrogens with one attached hydrogen (secondary N) is 1. The average Bonchev–Trinajstić information content (AvgIpc) is 2.81. The Kier molecular flexibility index (Phi) is 6.06. The molecule has 1 N–H and O–H groups in total. The molecule has 2 heterocycles. The van der Waals surface area contributed by atoms with Gasteiger partial charge < -0.3 is 19.7 Å². The minimum absolute atomic E-state index is 0.0392. The second-order valence-electron chi connectivity index (χ2n) is 7.58. The summed E-state index contributed by atoms with van der Waals surface area (Å²) in [6, 6.07) is 11.9. The number of piperidine rings is 1. The molecule has 0 bridgehead atoms. The largest absolute Gasteiger partial charge is 0.497 e. The van der Waals surface area contributed by atoms with E-state index < -0.39 is 0 Å². The highest BCUT2D eigenvalue weighted by Gasteiger charge is 2.29. The SMILES string of the molecule is COc1cccc(C(=O)Nc2ccc3c(c2)N(CC(=O)N2CCCCC2)C(=O)CO3)c1. The lowest BCUT2D eigenvalue weighted by Gasteiger charge is -2.33. The molecule has 1 fully saturated rings. The number of rotatable bonds is 5. The van der Waals surface area contributed by atoms with Gasteiger partial charge in [0.15, 0.2) is 6.61 Å². The van der Waals surface area contributed by atoms with Crippen LogP contribution < -0.4 is 19.7 Å². The van der Waals surface area contributed by atoms with Gasteiger partial charge in [0.05, 0.1) is 12.8 Å². The molecule has 0 aromatic heterocycles. The molecule has 2 aliphatic heterocycles. The van der Waals surface area contributed by atoms with Gasteiger partial charge in [-0.3, -0.25) is 19.3 Å². The molecule has 2 aromatic rings. The Morgan fingerprint density at radius 1 is 1.10 bits per heavy atom. The van der Waals surface area contributed by atoms with Crippen molar-refractivity contribution < 1.29 is 23.9 Å². The number of likely N-dealkylation sites (tertiary alicyclic amines) is 1. The van der Waals surface area contributed by atoms with Crippen molar-refractivity contribution in [2.75, 3.05) is 43.6 Å². The highest BCUT2D eigenvalue weighted by molar-refractivity contribution is 6.06. The predicted octanol–water partition coefficient (Wildman–Crippen LogP) is 2.69. The van der Waals surface area contributed by atoms with Crippen LogP contribution in [0.2, 0.25) is 0 Å². The van der Waals surface area contributed by atoms with Crippen LogP contribution in [-0.2, 0) is 9.59 Å². The van der Waals surface area contributed by atoms with Crippen molar-refractivity contribution in [1.29, 1.82) is 0 Å². The smallest absolute Gasteiger partial charge is 0.265 e. The first-order valence-corrected chi connectivity index (χ1v) is 10.4. The Hall–Kier alpha value is -3.55. The third-order valence-electron chi connectivity index (χ3n) is 5.49. The minimum atomic E-state index is -0.308. The van der Waals surface area contributed by atoms with Crippen molar-refractivity contribution >= 4 is 29.1 Å². The molecule has 0 saturated carbocycles. The Balaban J connectivity index is 1.53. The van der Waals surface area contributed by atoms with Gasteiger partial charge >= 0.3 is 0 Å². The van der Waals surface area contributed by atoms with Crippen LogP contribution in [0.5, 0.6) is 11.5 Å². The first-order valence-electron chi connectivity index (χ1n) is 10.4. The zero-order valence-corrected chi connectivity index (χ0v) is 17.4. The summed E-state index contributed by atoms with van der Waals surface area (Å²) in [6.07, 6.45) is 3.10. The number of fused-ring (bicyclic) bond motifs is 1. The van der Waals surface area contributed by atoms with Crippen LogP contribution in [0.1, 0.15) is 29.6 Å². The number of carbonyl (C=O) groups is 3. The van der Waals surface area contributed by atoms with E-state index in [4.69, 9.17) is 9.47 Å². The maximum atomic E-state index is 12.7. The molecule has 31 heavy (non-hydrogen) atoms. The molecular weight excluding hydrogens is 398 g/mol. The lowest BCUT2D eigenvalue weighted by molar-refractivity contribution is -0.132. The third-order valence-corrected chi connectivity index (χ3v) is 5.49. The van der Waals surface area contributed by atoms with E-state index in [1.807, 2.05) is 0 Å². The Morgan fingerprint density at radius 3 is 2.68 bits per heavy atom. The van der Waals surface area contributed by atoms with Crippen molar-refractivity contribution in [3.63, 3.8) is 0 Å². The fourth-order valence-electron chi connectivity index (χ4n) is 3.80. The van der Waals surface area contributed by atoms with Gasteiger partial charge in [0.25, 0.3) is 11.8 Å². The molecule has 162 valence electrons. The highest BCUT2D eigenvalue weighted by Crippen LogP contribution is 2.35. The van der Waals surface area contributed by atoms with E-state index in [0.29, 0.717) is 28.4 Å². The van der Waals surface area contributed by atoms with Gasteiger partial charge in [0.1, 0.15) is 18.0 Å². The van der Waals surface area contributed by atoms with Crippen molar-refractivity contribution in [3.8, 4) is 11.5 Å². The zero-order chi connectivity index (χ0) is 21.8. The molecule has 0 unspecified atom stereocenters. The van der Waals surface area contributed by atoms with Crippen molar-refractivity contribution in [2.24, 2.45) is 0 Å². The van der Waals surface area contributed by atoms with E-state index in [1.165, 1.54) is 12.0 Å². The minimum Gasteiger partial charge on any atom is -0.497 e. The molecule has 0 atom stereocenters. The quantitative estimate of drug-likeness (QED) is 0.799. The maximum Gasteiger partial charge on any atom is 0.265 e. The zero-order valence-electron chi connectivity index (χ0n) is 17.4. The van der Waals surface area contributed by atoms with Crippen LogP contribution in [-0.4, -0.2) is 56.0 Å². The van der Waals surface area contributed by atoms with Gasteiger partial charge in [0, 0.05) is 24.3 Å². The predicted molar refractivity (Wildman–Crippen MR) is 116 cm³/mol. The molecule has 0 spiro atoms. The first-order chi connectivity index (χ1) is 15.0. The molecule has 2 aliphatic rings. The van der Waals surface area contributed by atoms with E-state index in [2.05, 4.69) is 5.32 Å². The van der Waals surface area contributed by atoms with Crippen LogP contribution in [0.25, 0.3) is 0 Å². The Bertz CT molecular complexity index is 1000. The summed E-state index contributed by atoms with van der Waals surface area (Å²) in [4.78, 5) is 41.2. The third kappa shape index (κ3) is 4.63. The summed E-state index contributed by atoms with van der Waals surface area (Å²) < 4.78 is 10.7. The Labute approximate surface area is 180 Å². The van der Waals surface area contributed by atoms with E-state index in [9.17, 15) is 14.4 Å². The van der Waals surface area contributed by atoms with E-state index in [1.54, 1.807) is 47.4 Å². The topological polar surface area (TPSA) is 88.2 Å². The molecule has 8 nitrogen and oxygen atoms in total. The number of methoxy groups -OCH3 is 1. The molecular formula is C23H25N3O5. The maximum absolute atomic E-state index is 12.7. The van der Waals surface area contributed by atoms with Crippen LogP contribution in [0.3, 0.4) is 0 Å². The van der Waals surface area contributed by atoms with Gasteiger partial charge in [-0.15, -0.1) is 0 Å². The highest BCUT2D eigenvalue weighted by atomic mass is 16.5. The lowest BCUT2D eigenvalue weighted by atomic mass is 10.1. The number of amides is 3. The van der Waals surface area contributed by atoms with Gasteiger partial charge in [-0.25, -0.2) is 0 Å². The number of hydrogen-bond donors (Lipinski definition) is 1. The number of anilines is 2. The van der Waals surface area contributed by atoms with Crippen LogP contribution in [0, 0.1) is 0 Å². The van der Waals surface area contributed by atoms with E-state index >= 15 is 0 Å². The van der Waals surface area contributed by atoms with Crippen molar-refractivity contribution in [3.05, 3.63) is 48.0 Å². The van der Waals surface area contributed by atoms with Crippen LogP contribution >= 0.6 is 0 Å². The summed E-state index contributed by atoms with van der Waals surface area (Å²) in [6.45, 7) is 1.29. The molecule has 0 aliphatic carbocycles. The molecule has 2 aromatic carbocycles. The summed E-state index contributed by atoms with van der Waals surface area (Å²) in [7, 11) is 1.54. The Morgan fingerprint density at radius 2 is 1.90 bits per heavy atom. The van der Waals surface area contributed by atoms with Gasteiger partial charge in [-0.1, -0.05) is 6.07 Å². The molecule has 4 rings (SSSR count). The summed E-state index contributed by atoms with van der Waals surface area (Å²) >= 11 is 0. The molecule has 3 amide bonds. The second kappa shape index (κ2) is 9.07. The first kappa shape index (κ1) is 20.7. The molecule has 8 heteroatoms. The molecule has 0 radical (unpaired) electrons. The second-order valence-corrected chi connectivity index (χ2v) is 7.58. The van der Waals surface area contributed by atoms with Crippen molar-refractivity contribution in [2.45, 2.75) is 19.3 Å². The van der Waals surface area contributed by atoms with Gasteiger partial charge in [-0.2, -0.15) is 0 Å². The van der Waals surface area contributed by atoms with E-state index in [0.717, 1.165) is 32.4 Å². The van der Waals surface area contributed by atoms with Crippen molar-refractivity contribution in [1.82, 2.24) is 4.90 Å². The lowest BCUT2D eigenvalue weighted by Crippen LogP contribution is -2.47. The summed E-state index contributed by atoms with van der Waals surface area (Å²) in [5.41, 5.74) is 1.42. The van der Waals surface area contributed by atoms with Crippen LogP contribution in [0.4, 0.5) is 11.4 Å². The summed E-state index contributed by atoms with van der Waals surface area (Å²) in [5.74, 6) is 0.420. The standard InChI is InChI=1S/C23H25N3O5/c1-30-18-7-5-6-16(12-18)23(29)24-17-8-9-20-19(13-17)26(22(28)15-31-20)14-21(27)25-10-3-2-4-11-25/h5-9,12-13H,2-4,10-11,14-15H2,1H3,(H,24,29). The number of nitrogens with zero attached hydrogens (tertiary/aromatic N) is 2. The average molecular weight is 423 g/mol. The fraction of sp³-hybridized carbons (Fsp3) is 0.348.